The molecule has 1 aliphatic heterocycles. The summed E-state index contributed by atoms with van der Waals surface area (Å²) in [6.45, 7) is 1.37. The van der Waals surface area contributed by atoms with Gasteiger partial charge in [-0.05, 0) is 37.6 Å². The SMILES string of the molecule is CN1CC2CC3CC2C1C3Br. The number of rotatable bonds is 0. The minimum absolute atomic E-state index is 0.816. The molecule has 5 unspecified atom stereocenters. The first kappa shape index (κ1) is 6.90. The van der Waals surface area contributed by atoms with Crippen molar-refractivity contribution in [2.75, 3.05) is 13.6 Å². The third kappa shape index (κ3) is 0.707. The van der Waals surface area contributed by atoms with Gasteiger partial charge in [0.05, 0.1) is 0 Å². The Morgan fingerprint density at radius 3 is 2.73 bits per heavy atom. The number of nitrogens with zero attached hydrogens (tertiary/aromatic N) is 1. The van der Waals surface area contributed by atoms with Crippen molar-refractivity contribution < 1.29 is 0 Å². The van der Waals surface area contributed by atoms with Gasteiger partial charge in [0.25, 0.3) is 0 Å². The molecule has 1 saturated heterocycles. The summed E-state index contributed by atoms with van der Waals surface area (Å²) in [5, 5.41) is 0. The number of alkyl halides is 1. The lowest BCUT2D eigenvalue weighted by Gasteiger charge is -2.25. The maximum absolute atomic E-state index is 3.85. The van der Waals surface area contributed by atoms with Crippen molar-refractivity contribution in [2.24, 2.45) is 17.8 Å². The first-order chi connectivity index (χ1) is 5.27. The monoisotopic (exact) mass is 215 g/mol. The molecule has 0 amide bonds. The molecule has 0 N–H and O–H groups in total. The van der Waals surface area contributed by atoms with Crippen molar-refractivity contribution >= 4 is 15.9 Å². The van der Waals surface area contributed by atoms with Crippen molar-refractivity contribution in [1.82, 2.24) is 4.90 Å². The minimum Gasteiger partial charge on any atom is -0.302 e. The van der Waals surface area contributed by atoms with Crippen LogP contribution in [0.2, 0.25) is 0 Å². The summed E-state index contributed by atoms with van der Waals surface area (Å²) in [6.07, 6.45) is 3.01. The van der Waals surface area contributed by atoms with E-state index in [4.69, 9.17) is 0 Å². The summed E-state index contributed by atoms with van der Waals surface area (Å²) >= 11 is 3.85. The first-order valence-corrected chi connectivity index (χ1v) is 5.53. The molecule has 11 heavy (non-hydrogen) atoms. The standard InChI is InChI=1S/C9H14BrN/c1-11-4-6-2-5-3-7(6)9(11)8(5)10/h5-9H,2-4H2,1H3. The Labute approximate surface area is 76.3 Å². The predicted octanol–water partition coefficient (Wildman–Crippen LogP) is 1.72. The zero-order valence-corrected chi connectivity index (χ0v) is 8.42. The average molecular weight is 216 g/mol. The number of hydrogen-bond acceptors (Lipinski definition) is 1. The highest BCUT2D eigenvalue weighted by Gasteiger charge is 2.57. The number of hydrogen-bond donors (Lipinski definition) is 0. The van der Waals surface area contributed by atoms with Crippen molar-refractivity contribution in [2.45, 2.75) is 23.7 Å². The Balaban J connectivity index is 1.99. The van der Waals surface area contributed by atoms with Gasteiger partial charge < -0.3 is 4.90 Å². The second kappa shape index (κ2) is 2.02. The Bertz CT molecular complexity index is 188. The largest absolute Gasteiger partial charge is 0.302 e. The lowest BCUT2D eigenvalue weighted by molar-refractivity contribution is 0.293. The maximum atomic E-state index is 3.85. The molecule has 0 aromatic rings. The second-order valence-corrected chi connectivity index (χ2v) is 5.59. The molecule has 62 valence electrons. The van der Waals surface area contributed by atoms with Crippen LogP contribution < -0.4 is 0 Å². The van der Waals surface area contributed by atoms with E-state index in [1.165, 1.54) is 19.4 Å². The summed E-state index contributed by atoms with van der Waals surface area (Å²) in [5.41, 5.74) is 0. The van der Waals surface area contributed by atoms with Crippen LogP contribution in [0.15, 0.2) is 0 Å². The van der Waals surface area contributed by atoms with Crippen molar-refractivity contribution in [1.29, 1.82) is 0 Å². The Morgan fingerprint density at radius 2 is 2.09 bits per heavy atom. The molecule has 0 aromatic carbocycles. The van der Waals surface area contributed by atoms with Crippen molar-refractivity contribution in [3.8, 4) is 0 Å². The van der Waals surface area contributed by atoms with E-state index in [9.17, 15) is 0 Å². The molecule has 0 radical (unpaired) electrons. The van der Waals surface area contributed by atoms with Crippen LogP contribution in [-0.4, -0.2) is 29.4 Å². The summed E-state index contributed by atoms with van der Waals surface area (Å²) in [7, 11) is 2.29. The van der Waals surface area contributed by atoms with E-state index in [0.29, 0.717) is 0 Å². The zero-order valence-electron chi connectivity index (χ0n) is 6.83. The fourth-order valence-corrected chi connectivity index (χ4v) is 4.89. The number of fused-ring (bicyclic) bond motifs is 1. The summed E-state index contributed by atoms with van der Waals surface area (Å²) in [6, 6.07) is 0.888. The summed E-state index contributed by atoms with van der Waals surface area (Å²) < 4.78 is 0. The summed E-state index contributed by atoms with van der Waals surface area (Å²) in [5.74, 6) is 3.12. The molecular formula is C9H14BrN. The molecule has 3 aliphatic rings. The molecular weight excluding hydrogens is 202 g/mol. The third-order valence-corrected chi connectivity index (χ3v) is 5.32. The van der Waals surface area contributed by atoms with E-state index < -0.39 is 0 Å². The lowest BCUT2D eigenvalue weighted by Crippen LogP contribution is -2.34. The molecule has 2 aliphatic carbocycles. The van der Waals surface area contributed by atoms with E-state index >= 15 is 0 Å². The predicted molar refractivity (Wildman–Crippen MR) is 48.8 cm³/mol. The molecule has 3 fully saturated rings. The van der Waals surface area contributed by atoms with Crippen LogP contribution in [0.5, 0.6) is 0 Å². The molecule has 0 spiro atoms. The van der Waals surface area contributed by atoms with Crippen LogP contribution in [0.25, 0.3) is 0 Å². The van der Waals surface area contributed by atoms with E-state index in [1.54, 1.807) is 0 Å². The van der Waals surface area contributed by atoms with Crippen LogP contribution in [0.1, 0.15) is 12.8 Å². The average Bonchev–Trinajstić information content (AvgIpc) is 2.47. The van der Waals surface area contributed by atoms with Crippen LogP contribution >= 0.6 is 15.9 Å². The molecule has 1 heterocycles. The van der Waals surface area contributed by atoms with Gasteiger partial charge in [0.15, 0.2) is 0 Å². The van der Waals surface area contributed by atoms with E-state index in [0.717, 1.165) is 28.6 Å². The first-order valence-electron chi connectivity index (χ1n) is 4.61. The second-order valence-electron chi connectivity index (χ2n) is 4.53. The summed E-state index contributed by atoms with van der Waals surface area (Å²) in [4.78, 5) is 3.39. The third-order valence-electron chi connectivity index (χ3n) is 4.03. The Morgan fingerprint density at radius 1 is 1.27 bits per heavy atom. The van der Waals surface area contributed by atoms with Crippen LogP contribution in [0, 0.1) is 17.8 Å². The minimum atomic E-state index is 0.816. The van der Waals surface area contributed by atoms with Crippen LogP contribution in [0.3, 0.4) is 0 Å². The molecule has 1 nitrogen and oxygen atoms in total. The maximum Gasteiger partial charge on any atom is 0.0332 e. The van der Waals surface area contributed by atoms with Gasteiger partial charge in [-0.1, -0.05) is 15.9 Å². The number of halogens is 1. The highest BCUT2D eigenvalue weighted by Crippen LogP contribution is 2.56. The van der Waals surface area contributed by atoms with Gasteiger partial charge in [0.2, 0.25) is 0 Å². The smallest absolute Gasteiger partial charge is 0.0332 e. The molecule has 2 bridgehead atoms. The van der Waals surface area contributed by atoms with Gasteiger partial charge >= 0.3 is 0 Å². The van der Waals surface area contributed by atoms with E-state index in [1.807, 2.05) is 0 Å². The van der Waals surface area contributed by atoms with Gasteiger partial charge in [-0.25, -0.2) is 0 Å². The molecule has 2 saturated carbocycles. The van der Waals surface area contributed by atoms with Gasteiger partial charge in [-0.15, -0.1) is 0 Å². The molecule has 5 atom stereocenters. The van der Waals surface area contributed by atoms with Crippen molar-refractivity contribution in [3.05, 3.63) is 0 Å². The highest BCUT2D eigenvalue weighted by atomic mass is 79.9. The van der Waals surface area contributed by atoms with Gasteiger partial charge in [0, 0.05) is 17.4 Å². The highest BCUT2D eigenvalue weighted by molar-refractivity contribution is 9.09. The Kier molecular flexibility index (Phi) is 1.27. The van der Waals surface area contributed by atoms with E-state index in [2.05, 4.69) is 27.9 Å². The normalized spacial score (nSPS) is 61.1. The molecule has 3 rings (SSSR count). The zero-order chi connectivity index (χ0) is 7.59. The van der Waals surface area contributed by atoms with Crippen LogP contribution in [0.4, 0.5) is 0 Å². The molecule has 0 aromatic heterocycles. The molecule has 2 heteroatoms. The lowest BCUT2D eigenvalue weighted by atomic mass is 9.90. The fourth-order valence-electron chi connectivity index (χ4n) is 3.67. The topological polar surface area (TPSA) is 3.24 Å². The number of likely N-dealkylation sites (tertiary alicyclic amines) is 1. The van der Waals surface area contributed by atoms with Crippen molar-refractivity contribution in [3.63, 3.8) is 0 Å². The fraction of sp³-hybridized carbons (Fsp3) is 1.00. The van der Waals surface area contributed by atoms with Crippen LogP contribution in [-0.2, 0) is 0 Å². The van der Waals surface area contributed by atoms with Gasteiger partial charge in [0.1, 0.15) is 0 Å². The van der Waals surface area contributed by atoms with E-state index in [-0.39, 0.29) is 0 Å². The Hall–Kier alpha value is 0.440. The van der Waals surface area contributed by atoms with Gasteiger partial charge in [-0.3, -0.25) is 0 Å². The quantitative estimate of drug-likeness (QED) is 0.557. The van der Waals surface area contributed by atoms with Gasteiger partial charge in [-0.2, -0.15) is 0 Å².